The van der Waals surface area contributed by atoms with Crippen LogP contribution in [0.4, 0.5) is 5.69 Å². The summed E-state index contributed by atoms with van der Waals surface area (Å²) in [7, 11) is 6.49. The molecule has 1 unspecified atom stereocenters. The second kappa shape index (κ2) is 8.69. The number of rotatable bonds is 5. The lowest BCUT2D eigenvalue weighted by Crippen LogP contribution is -2.39. The molecule has 0 spiro atoms. The summed E-state index contributed by atoms with van der Waals surface area (Å²) < 4.78 is 1.99. The smallest absolute Gasteiger partial charge is 0.109 e. The maximum atomic E-state index is 4.29. The zero-order valence-corrected chi connectivity index (χ0v) is 18.8. The highest BCUT2D eigenvalue weighted by Crippen LogP contribution is 2.38. The van der Waals surface area contributed by atoms with Crippen LogP contribution in [-0.4, -0.2) is 7.05 Å². The minimum atomic E-state index is 0.00946. The molecule has 0 bridgehead atoms. The SMILES string of the molecule is [CH2-][n+]1ccccc1C(c1ccccc1-c1ccccc1)N(C)c1c(C)cc(C)cc1C. The Morgan fingerprint density at radius 2 is 1.39 bits per heavy atom. The minimum Gasteiger partial charge on any atom is -0.368 e. The van der Waals surface area contributed by atoms with E-state index >= 15 is 0 Å². The molecule has 1 heterocycles. The molecule has 0 aliphatic carbocycles. The van der Waals surface area contributed by atoms with Crippen molar-refractivity contribution in [3.8, 4) is 11.1 Å². The van der Waals surface area contributed by atoms with Gasteiger partial charge in [0, 0.05) is 19.8 Å². The van der Waals surface area contributed by atoms with Gasteiger partial charge >= 0.3 is 0 Å². The number of hydrogen-bond acceptors (Lipinski definition) is 1. The summed E-state index contributed by atoms with van der Waals surface area (Å²) in [6.07, 6.45) is 2.02. The van der Waals surface area contributed by atoms with Crippen molar-refractivity contribution in [1.82, 2.24) is 0 Å². The number of benzene rings is 3. The molecule has 0 saturated carbocycles. The van der Waals surface area contributed by atoms with Gasteiger partial charge < -0.3 is 9.47 Å². The molecular weight excluding hydrogens is 376 g/mol. The van der Waals surface area contributed by atoms with Crippen molar-refractivity contribution in [1.29, 1.82) is 0 Å². The average Bonchev–Trinajstić information content (AvgIpc) is 2.75. The van der Waals surface area contributed by atoms with Gasteiger partial charge in [-0.05, 0) is 48.6 Å². The Balaban J connectivity index is 1.96. The molecule has 0 aliphatic heterocycles. The number of hydrogen-bond donors (Lipinski definition) is 0. The molecule has 0 N–H and O–H groups in total. The third-order valence-corrected chi connectivity index (χ3v) is 5.97. The minimum absolute atomic E-state index is 0.00946. The summed E-state index contributed by atoms with van der Waals surface area (Å²) >= 11 is 0. The van der Waals surface area contributed by atoms with Gasteiger partial charge in [-0.25, -0.2) is 0 Å². The predicted octanol–water partition coefficient (Wildman–Crippen LogP) is 6.43. The predicted molar refractivity (Wildman–Crippen MR) is 130 cm³/mol. The van der Waals surface area contributed by atoms with E-state index in [-0.39, 0.29) is 6.04 Å². The summed E-state index contributed by atoms with van der Waals surface area (Å²) in [6.45, 7) is 6.57. The number of anilines is 1. The van der Waals surface area contributed by atoms with Crippen LogP contribution in [0.25, 0.3) is 11.1 Å². The molecule has 2 heteroatoms. The van der Waals surface area contributed by atoms with Crippen LogP contribution in [0.5, 0.6) is 0 Å². The first-order valence-corrected chi connectivity index (χ1v) is 10.7. The summed E-state index contributed by atoms with van der Waals surface area (Å²) in [4.78, 5) is 2.41. The van der Waals surface area contributed by atoms with Crippen LogP contribution >= 0.6 is 0 Å². The van der Waals surface area contributed by atoms with Crippen LogP contribution in [0.1, 0.15) is 34.0 Å². The highest BCUT2D eigenvalue weighted by atomic mass is 15.2. The van der Waals surface area contributed by atoms with E-state index in [1.54, 1.807) is 0 Å². The van der Waals surface area contributed by atoms with Crippen molar-refractivity contribution in [3.63, 3.8) is 0 Å². The van der Waals surface area contributed by atoms with E-state index in [1.165, 1.54) is 39.1 Å². The first-order valence-electron chi connectivity index (χ1n) is 10.7. The molecule has 31 heavy (non-hydrogen) atoms. The molecule has 0 saturated heterocycles. The fourth-order valence-electron chi connectivity index (χ4n) is 4.78. The van der Waals surface area contributed by atoms with Gasteiger partial charge in [-0.3, -0.25) is 0 Å². The summed E-state index contributed by atoms with van der Waals surface area (Å²) in [5, 5.41) is 0. The van der Waals surface area contributed by atoms with E-state index in [4.69, 9.17) is 0 Å². The number of aromatic nitrogens is 1. The zero-order chi connectivity index (χ0) is 22.0. The van der Waals surface area contributed by atoms with Crippen LogP contribution in [0.15, 0.2) is 91.1 Å². The van der Waals surface area contributed by atoms with E-state index in [0.717, 1.165) is 5.69 Å². The largest absolute Gasteiger partial charge is 0.368 e. The highest BCUT2D eigenvalue weighted by molar-refractivity contribution is 5.71. The molecule has 0 fully saturated rings. The Hall–Kier alpha value is -3.52. The molecular formula is C29H30N2. The maximum Gasteiger partial charge on any atom is 0.109 e. The molecule has 4 aromatic rings. The lowest BCUT2D eigenvalue weighted by molar-refractivity contribution is -0.621. The van der Waals surface area contributed by atoms with Crippen molar-refractivity contribution in [2.45, 2.75) is 26.8 Å². The van der Waals surface area contributed by atoms with Gasteiger partial charge in [0.05, 0.1) is 12.2 Å². The van der Waals surface area contributed by atoms with Gasteiger partial charge in [0.2, 0.25) is 0 Å². The molecule has 1 aromatic heterocycles. The molecule has 156 valence electrons. The lowest BCUT2D eigenvalue weighted by atomic mass is 9.91. The molecule has 0 aliphatic rings. The van der Waals surface area contributed by atoms with Crippen molar-refractivity contribution in [2.24, 2.45) is 0 Å². The molecule has 2 nitrogen and oxygen atoms in total. The van der Waals surface area contributed by atoms with Crippen LogP contribution in [0, 0.1) is 27.8 Å². The Morgan fingerprint density at radius 3 is 2.06 bits per heavy atom. The Morgan fingerprint density at radius 1 is 0.774 bits per heavy atom. The second-order valence-corrected chi connectivity index (χ2v) is 8.31. The first-order chi connectivity index (χ1) is 15.0. The van der Waals surface area contributed by atoms with Crippen LogP contribution in [-0.2, 0) is 0 Å². The zero-order valence-electron chi connectivity index (χ0n) is 18.8. The Kier molecular flexibility index (Phi) is 5.81. The molecule has 0 amide bonds. The molecule has 4 rings (SSSR count). The molecule has 1 atom stereocenters. The Labute approximate surface area is 186 Å². The average molecular weight is 407 g/mol. The van der Waals surface area contributed by atoms with Crippen molar-refractivity contribution < 1.29 is 4.57 Å². The van der Waals surface area contributed by atoms with Crippen molar-refractivity contribution in [3.05, 3.63) is 126 Å². The van der Waals surface area contributed by atoms with Gasteiger partial charge in [0.25, 0.3) is 0 Å². The maximum absolute atomic E-state index is 4.29. The van der Waals surface area contributed by atoms with Gasteiger partial charge in [-0.15, -0.1) is 0 Å². The van der Waals surface area contributed by atoms with Gasteiger partial charge in [0.15, 0.2) is 0 Å². The van der Waals surface area contributed by atoms with E-state index in [1.807, 2.05) is 16.8 Å². The topological polar surface area (TPSA) is 7.12 Å². The van der Waals surface area contributed by atoms with E-state index < -0.39 is 0 Å². The fraction of sp³-hybridized carbons (Fsp3) is 0.172. The van der Waals surface area contributed by atoms with Crippen molar-refractivity contribution in [2.75, 3.05) is 11.9 Å². The van der Waals surface area contributed by atoms with Crippen LogP contribution < -0.4 is 9.47 Å². The number of nitrogens with zero attached hydrogens (tertiary/aromatic N) is 2. The standard InChI is InChI=1S/C29H30N2/c1-21-19-22(2)28(23(3)20-21)31(5)29(27-17-11-12-18-30(27)4)26-16-10-9-15-25(26)24-13-7-6-8-14-24/h6-20,29H,4H2,1-3,5H3. The van der Waals surface area contributed by atoms with Gasteiger partial charge in [-0.1, -0.05) is 90.5 Å². The molecule has 0 radical (unpaired) electrons. The third-order valence-electron chi connectivity index (χ3n) is 5.97. The van der Waals surface area contributed by atoms with E-state index in [0.29, 0.717) is 0 Å². The van der Waals surface area contributed by atoms with Crippen molar-refractivity contribution >= 4 is 5.69 Å². The van der Waals surface area contributed by atoms with E-state index in [9.17, 15) is 0 Å². The fourth-order valence-corrected chi connectivity index (χ4v) is 4.78. The monoisotopic (exact) mass is 406 g/mol. The summed E-state index contributed by atoms with van der Waals surface area (Å²) in [5.74, 6) is 0. The lowest BCUT2D eigenvalue weighted by Gasteiger charge is -2.35. The third kappa shape index (κ3) is 4.06. The summed E-state index contributed by atoms with van der Waals surface area (Å²) in [6, 6.07) is 30.2. The number of aryl methyl sites for hydroxylation is 3. The van der Waals surface area contributed by atoms with Gasteiger partial charge in [0.1, 0.15) is 5.69 Å². The second-order valence-electron chi connectivity index (χ2n) is 8.31. The first kappa shape index (κ1) is 20.7. The summed E-state index contributed by atoms with van der Waals surface area (Å²) in [5.41, 5.74) is 10.0. The highest BCUT2D eigenvalue weighted by Gasteiger charge is 2.26. The molecule has 3 aromatic carbocycles. The van der Waals surface area contributed by atoms with E-state index in [2.05, 4.69) is 119 Å². The Bertz CT molecular complexity index is 1170. The van der Waals surface area contributed by atoms with Crippen LogP contribution in [0.3, 0.4) is 0 Å². The quantitative estimate of drug-likeness (QED) is 0.273. The van der Waals surface area contributed by atoms with Crippen LogP contribution in [0.2, 0.25) is 0 Å². The normalized spacial score (nSPS) is 11.9. The van der Waals surface area contributed by atoms with Gasteiger partial charge in [-0.2, -0.15) is 0 Å². The number of pyridine rings is 1.